The van der Waals surface area contributed by atoms with Crippen LogP contribution >= 0.6 is 15.9 Å². The number of rotatable bonds is 4. The fourth-order valence-electron chi connectivity index (χ4n) is 1.73. The molecule has 1 heterocycles. The normalized spacial score (nSPS) is 11.0. The first-order valence-corrected chi connectivity index (χ1v) is 6.58. The lowest BCUT2D eigenvalue weighted by atomic mass is 10.1. The topological polar surface area (TPSA) is 98.6 Å². The molecule has 0 radical (unpaired) electrons. The van der Waals surface area contributed by atoms with Gasteiger partial charge >= 0.3 is 5.69 Å². The van der Waals surface area contributed by atoms with Crippen molar-refractivity contribution in [2.45, 2.75) is 6.92 Å². The summed E-state index contributed by atoms with van der Waals surface area (Å²) in [5.74, 6) is 0.334. The van der Waals surface area contributed by atoms with Gasteiger partial charge in [0.05, 0.1) is 12.0 Å². The van der Waals surface area contributed by atoms with Gasteiger partial charge in [0.25, 0.3) is 0 Å². The molecule has 0 spiro atoms. The zero-order chi connectivity index (χ0) is 15.6. The van der Waals surface area contributed by atoms with Crippen molar-refractivity contribution in [3.63, 3.8) is 0 Å². The van der Waals surface area contributed by atoms with Crippen molar-refractivity contribution >= 4 is 33.8 Å². The van der Waals surface area contributed by atoms with Gasteiger partial charge in [-0.2, -0.15) is 0 Å². The molecule has 0 aliphatic heterocycles. The molecule has 1 aromatic carbocycles. The van der Waals surface area contributed by atoms with E-state index in [9.17, 15) is 15.2 Å². The SMILES string of the molecule is COc1cc(C=Cc2onc(C)c2[N+](=O)[O-])c(Br)cc1O. The largest absolute Gasteiger partial charge is 0.504 e. The van der Waals surface area contributed by atoms with E-state index in [0.717, 1.165) is 0 Å². The number of ether oxygens (including phenoxy) is 1. The van der Waals surface area contributed by atoms with E-state index < -0.39 is 4.92 Å². The summed E-state index contributed by atoms with van der Waals surface area (Å²) in [6.45, 7) is 1.50. The van der Waals surface area contributed by atoms with Crippen LogP contribution in [0.2, 0.25) is 0 Å². The average Bonchev–Trinajstić information content (AvgIpc) is 2.79. The second kappa shape index (κ2) is 5.96. The maximum Gasteiger partial charge on any atom is 0.338 e. The Labute approximate surface area is 128 Å². The number of phenolic OH excluding ortho intramolecular Hbond substituents is 1. The minimum Gasteiger partial charge on any atom is -0.504 e. The summed E-state index contributed by atoms with van der Waals surface area (Å²) < 4.78 is 10.5. The smallest absolute Gasteiger partial charge is 0.338 e. The van der Waals surface area contributed by atoms with Crippen molar-refractivity contribution in [2.24, 2.45) is 0 Å². The van der Waals surface area contributed by atoms with Crippen molar-refractivity contribution in [1.29, 1.82) is 0 Å². The van der Waals surface area contributed by atoms with E-state index in [-0.39, 0.29) is 22.9 Å². The van der Waals surface area contributed by atoms with Gasteiger partial charge in [-0.15, -0.1) is 0 Å². The third-order valence-corrected chi connectivity index (χ3v) is 3.44. The number of phenols is 1. The summed E-state index contributed by atoms with van der Waals surface area (Å²) in [6.07, 6.45) is 3.04. The molecule has 0 aliphatic rings. The number of aromatic nitrogens is 1. The third-order valence-electron chi connectivity index (χ3n) is 2.75. The standard InChI is InChI=1S/C13H11BrN2O5/c1-7-13(16(18)19)11(21-15-7)4-3-8-5-12(20-2)10(17)6-9(8)14/h3-6,17H,1-2H3. The molecule has 0 unspecified atom stereocenters. The van der Waals surface area contributed by atoms with Crippen molar-refractivity contribution in [3.8, 4) is 11.5 Å². The van der Waals surface area contributed by atoms with Crippen LogP contribution in [0.15, 0.2) is 21.1 Å². The molecule has 0 aliphatic carbocycles. The summed E-state index contributed by atoms with van der Waals surface area (Å²) in [4.78, 5) is 10.4. The molecular formula is C13H11BrN2O5. The first-order valence-electron chi connectivity index (χ1n) is 5.79. The summed E-state index contributed by atoms with van der Waals surface area (Å²) in [6, 6.07) is 3.06. The predicted octanol–water partition coefficient (Wildman–Crippen LogP) is 3.54. The first kappa shape index (κ1) is 15.0. The van der Waals surface area contributed by atoms with Crippen LogP contribution in [0.25, 0.3) is 12.2 Å². The molecule has 1 aromatic heterocycles. The number of hydrogen-bond donors (Lipinski definition) is 1. The quantitative estimate of drug-likeness (QED) is 0.665. The fraction of sp³-hybridized carbons (Fsp3) is 0.154. The monoisotopic (exact) mass is 354 g/mol. The van der Waals surface area contributed by atoms with Crippen LogP contribution < -0.4 is 4.74 Å². The highest BCUT2D eigenvalue weighted by Gasteiger charge is 2.22. The Hall–Kier alpha value is -2.35. The van der Waals surface area contributed by atoms with Crippen LogP contribution in [0.4, 0.5) is 5.69 Å². The first-order chi connectivity index (χ1) is 9.93. The number of aromatic hydroxyl groups is 1. The van der Waals surface area contributed by atoms with Gasteiger partial charge in [0.15, 0.2) is 17.2 Å². The lowest BCUT2D eigenvalue weighted by Gasteiger charge is -2.06. The Morgan fingerprint density at radius 3 is 2.81 bits per heavy atom. The minimum atomic E-state index is -0.544. The molecule has 0 saturated heterocycles. The number of aryl methyl sites for hydroxylation is 1. The second-order valence-electron chi connectivity index (χ2n) is 4.12. The highest BCUT2D eigenvalue weighted by molar-refractivity contribution is 9.10. The number of nitrogens with zero attached hydrogens (tertiary/aromatic N) is 2. The molecule has 110 valence electrons. The lowest BCUT2D eigenvalue weighted by Crippen LogP contribution is -1.90. The predicted molar refractivity (Wildman–Crippen MR) is 79.2 cm³/mol. The van der Waals surface area contributed by atoms with Gasteiger partial charge < -0.3 is 14.4 Å². The number of halogens is 1. The van der Waals surface area contributed by atoms with Gasteiger partial charge in [0, 0.05) is 4.47 Å². The Kier molecular flexibility index (Phi) is 4.27. The molecule has 0 fully saturated rings. The number of hydrogen-bond acceptors (Lipinski definition) is 6. The number of benzene rings is 1. The number of methoxy groups -OCH3 is 1. The fourth-order valence-corrected chi connectivity index (χ4v) is 2.19. The molecule has 1 N–H and O–H groups in total. The van der Waals surface area contributed by atoms with Crippen molar-refractivity contribution in [2.75, 3.05) is 7.11 Å². The highest BCUT2D eigenvalue weighted by Crippen LogP contribution is 2.34. The molecule has 2 aromatic rings. The van der Waals surface area contributed by atoms with Gasteiger partial charge in [0.2, 0.25) is 5.76 Å². The Morgan fingerprint density at radius 2 is 2.19 bits per heavy atom. The maximum absolute atomic E-state index is 10.9. The molecule has 2 rings (SSSR count). The maximum atomic E-state index is 10.9. The zero-order valence-electron chi connectivity index (χ0n) is 11.2. The summed E-state index contributed by atoms with van der Waals surface area (Å²) in [5.41, 5.74) is 0.697. The van der Waals surface area contributed by atoms with Crippen LogP contribution in [0.1, 0.15) is 17.0 Å². The molecule has 8 heteroatoms. The Bertz CT molecular complexity index is 724. The van der Waals surface area contributed by atoms with Gasteiger partial charge in [-0.05, 0) is 36.8 Å². The summed E-state index contributed by atoms with van der Waals surface area (Å²) in [7, 11) is 1.43. The lowest BCUT2D eigenvalue weighted by molar-refractivity contribution is -0.386. The molecular weight excluding hydrogens is 344 g/mol. The third kappa shape index (κ3) is 3.05. The Morgan fingerprint density at radius 1 is 1.48 bits per heavy atom. The Balaban J connectivity index is 2.40. The van der Waals surface area contributed by atoms with Crippen molar-refractivity contribution in [1.82, 2.24) is 5.16 Å². The van der Waals surface area contributed by atoms with E-state index in [0.29, 0.717) is 15.8 Å². The van der Waals surface area contributed by atoms with Gasteiger partial charge in [0.1, 0.15) is 0 Å². The summed E-state index contributed by atoms with van der Waals surface area (Å²) >= 11 is 3.29. The van der Waals surface area contributed by atoms with E-state index in [1.54, 1.807) is 12.1 Å². The molecule has 0 atom stereocenters. The molecule has 7 nitrogen and oxygen atoms in total. The van der Waals surface area contributed by atoms with E-state index in [4.69, 9.17) is 9.26 Å². The van der Waals surface area contributed by atoms with E-state index in [2.05, 4.69) is 21.1 Å². The summed E-state index contributed by atoms with van der Waals surface area (Å²) in [5, 5.41) is 24.1. The molecule has 0 bridgehead atoms. The zero-order valence-corrected chi connectivity index (χ0v) is 12.7. The molecule has 0 saturated carbocycles. The van der Waals surface area contributed by atoms with E-state index >= 15 is 0 Å². The van der Waals surface area contributed by atoms with Crippen LogP contribution in [-0.4, -0.2) is 22.3 Å². The molecule has 21 heavy (non-hydrogen) atoms. The van der Waals surface area contributed by atoms with Gasteiger partial charge in [-0.1, -0.05) is 21.1 Å². The van der Waals surface area contributed by atoms with Crippen molar-refractivity contribution in [3.05, 3.63) is 43.7 Å². The van der Waals surface area contributed by atoms with Gasteiger partial charge in [-0.25, -0.2) is 0 Å². The van der Waals surface area contributed by atoms with Gasteiger partial charge in [-0.3, -0.25) is 10.1 Å². The van der Waals surface area contributed by atoms with Crippen LogP contribution in [-0.2, 0) is 0 Å². The van der Waals surface area contributed by atoms with Crippen LogP contribution in [0.3, 0.4) is 0 Å². The average molecular weight is 355 g/mol. The highest BCUT2D eigenvalue weighted by atomic mass is 79.9. The second-order valence-corrected chi connectivity index (χ2v) is 4.97. The molecule has 0 amide bonds. The minimum absolute atomic E-state index is 0.0111. The van der Waals surface area contributed by atoms with Crippen LogP contribution in [0, 0.1) is 17.0 Å². The number of nitro groups is 1. The van der Waals surface area contributed by atoms with E-state index in [1.807, 2.05) is 0 Å². The van der Waals surface area contributed by atoms with E-state index in [1.165, 1.54) is 26.2 Å². The van der Waals surface area contributed by atoms with Crippen LogP contribution in [0.5, 0.6) is 11.5 Å². The van der Waals surface area contributed by atoms with Crippen molar-refractivity contribution < 1.29 is 19.3 Å².